The highest BCUT2D eigenvalue weighted by Gasteiger charge is 2.30. The molecular weight excluding hydrogens is 427 g/mol. The summed E-state index contributed by atoms with van der Waals surface area (Å²) in [6.45, 7) is 2.20. The average Bonchev–Trinajstić information content (AvgIpc) is 2.72. The zero-order valence-corrected chi connectivity index (χ0v) is 18.1. The van der Waals surface area contributed by atoms with Gasteiger partial charge in [0.05, 0.1) is 17.2 Å². The van der Waals surface area contributed by atoms with Crippen LogP contribution in [0.5, 0.6) is 5.75 Å². The van der Waals surface area contributed by atoms with E-state index >= 15 is 0 Å². The lowest BCUT2D eigenvalue weighted by atomic mass is 10.1. The predicted molar refractivity (Wildman–Crippen MR) is 118 cm³/mol. The summed E-state index contributed by atoms with van der Waals surface area (Å²) in [5.74, 6) is 0.391. The van der Waals surface area contributed by atoms with Gasteiger partial charge in [-0.05, 0) is 35.9 Å². The molecule has 3 amide bonds. The fourth-order valence-corrected chi connectivity index (χ4v) is 3.75. The fraction of sp³-hybridized carbons (Fsp3) is 0.333. The van der Waals surface area contributed by atoms with E-state index in [0.29, 0.717) is 41.9 Å². The fourth-order valence-electron chi connectivity index (χ4n) is 3.45. The van der Waals surface area contributed by atoms with Crippen LogP contribution >= 0.6 is 23.2 Å². The van der Waals surface area contributed by atoms with Crippen molar-refractivity contribution in [2.45, 2.75) is 19.0 Å². The first-order chi connectivity index (χ1) is 14.4. The first-order valence-electron chi connectivity index (χ1n) is 9.52. The van der Waals surface area contributed by atoms with Gasteiger partial charge in [0.25, 0.3) is 0 Å². The van der Waals surface area contributed by atoms with Crippen LogP contribution < -0.4 is 15.8 Å². The van der Waals surface area contributed by atoms with E-state index in [4.69, 9.17) is 33.7 Å². The summed E-state index contributed by atoms with van der Waals surface area (Å²) in [4.78, 5) is 28.2. The van der Waals surface area contributed by atoms with Gasteiger partial charge in [0.15, 0.2) is 0 Å². The number of hydrogen-bond donors (Lipinski definition) is 2. The standard InChI is InChI=1S/C21H24Cl2N4O3/c1-30-17-5-2-14(3-6-17)12-26-8-9-27(13-16(26)11-20(24)28)21(29)25-15-4-7-18(22)19(23)10-15/h2-7,10,16H,8-9,11-13H2,1H3,(H2,24,28)(H,25,29). The molecule has 1 aliphatic heterocycles. The molecule has 3 rings (SSSR count). The van der Waals surface area contributed by atoms with E-state index in [2.05, 4.69) is 10.2 Å². The van der Waals surface area contributed by atoms with Gasteiger partial charge in [0, 0.05) is 44.3 Å². The molecule has 3 N–H and O–H groups in total. The monoisotopic (exact) mass is 450 g/mol. The number of hydrogen-bond acceptors (Lipinski definition) is 4. The third-order valence-electron chi connectivity index (χ3n) is 5.04. The number of primary amides is 1. The third-order valence-corrected chi connectivity index (χ3v) is 5.78. The highest BCUT2D eigenvalue weighted by molar-refractivity contribution is 6.42. The number of nitrogens with one attached hydrogen (secondary N) is 1. The van der Waals surface area contributed by atoms with Crippen molar-refractivity contribution in [2.75, 3.05) is 32.1 Å². The molecule has 1 unspecified atom stereocenters. The summed E-state index contributed by atoms with van der Waals surface area (Å²) in [6, 6.07) is 12.3. The summed E-state index contributed by atoms with van der Waals surface area (Å²) >= 11 is 11.9. The smallest absolute Gasteiger partial charge is 0.321 e. The van der Waals surface area contributed by atoms with Crippen LogP contribution in [-0.2, 0) is 11.3 Å². The number of benzene rings is 2. The topological polar surface area (TPSA) is 87.9 Å². The number of urea groups is 1. The lowest BCUT2D eigenvalue weighted by Crippen LogP contribution is -2.56. The van der Waals surface area contributed by atoms with Crippen molar-refractivity contribution in [1.29, 1.82) is 0 Å². The number of anilines is 1. The van der Waals surface area contributed by atoms with E-state index in [1.165, 1.54) is 0 Å². The lowest BCUT2D eigenvalue weighted by molar-refractivity contribution is -0.119. The minimum Gasteiger partial charge on any atom is -0.497 e. The first-order valence-corrected chi connectivity index (χ1v) is 10.3. The predicted octanol–water partition coefficient (Wildman–Crippen LogP) is 3.60. The van der Waals surface area contributed by atoms with Gasteiger partial charge in [-0.2, -0.15) is 0 Å². The number of amides is 3. The van der Waals surface area contributed by atoms with Gasteiger partial charge in [-0.15, -0.1) is 0 Å². The Kier molecular flexibility index (Phi) is 7.42. The summed E-state index contributed by atoms with van der Waals surface area (Å²) < 4.78 is 5.19. The zero-order valence-electron chi connectivity index (χ0n) is 16.6. The molecule has 1 saturated heterocycles. The molecule has 2 aromatic carbocycles. The number of carbonyl (C=O) groups excluding carboxylic acids is 2. The number of ether oxygens (including phenoxy) is 1. The number of halogens is 2. The van der Waals surface area contributed by atoms with E-state index in [1.807, 2.05) is 24.3 Å². The van der Waals surface area contributed by atoms with Gasteiger partial charge in [-0.25, -0.2) is 4.79 Å². The number of carbonyl (C=O) groups is 2. The molecule has 7 nitrogen and oxygen atoms in total. The molecule has 1 aliphatic rings. The molecule has 9 heteroatoms. The first kappa shape index (κ1) is 22.2. The Balaban J connectivity index is 1.66. The Bertz CT molecular complexity index is 908. The van der Waals surface area contributed by atoms with Gasteiger partial charge in [-0.1, -0.05) is 35.3 Å². The average molecular weight is 451 g/mol. The van der Waals surface area contributed by atoms with Crippen LogP contribution in [-0.4, -0.2) is 54.5 Å². The van der Waals surface area contributed by atoms with Gasteiger partial charge < -0.3 is 20.7 Å². The van der Waals surface area contributed by atoms with Crippen molar-refractivity contribution in [3.05, 3.63) is 58.1 Å². The molecule has 1 atom stereocenters. The Labute approximate surface area is 185 Å². The highest BCUT2D eigenvalue weighted by atomic mass is 35.5. The van der Waals surface area contributed by atoms with Crippen LogP contribution in [0.15, 0.2) is 42.5 Å². The number of nitrogens with two attached hydrogens (primary N) is 1. The molecule has 0 spiro atoms. The van der Waals surface area contributed by atoms with E-state index in [1.54, 1.807) is 30.2 Å². The maximum atomic E-state index is 12.7. The van der Waals surface area contributed by atoms with Crippen LogP contribution in [0.1, 0.15) is 12.0 Å². The Morgan fingerprint density at radius 1 is 1.13 bits per heavy atom. The van der Waals surface area contributed by atoms with Gasteiger partial charge >= 0.3 is 6.03 Å². The SMILES string of the molecule is COc1ccc(CN2CCN(C(=O)Nc3ccc(Cl)c(Cl)c3)CC2CC(N)=O)cc1. The molecule has 1 fully saturated rings. The summed E-state index contributed by atoms with van der Waals surface area (Å²) in [6.07, 6.45) is 0.173. The maximum absolute atomic E-state index is 12.7. The van der Waals surface area contributed by atoms with Crippen molar-refractivity contribution in [3.8, 4) is 5.75 Å². The van der Waals surface area contributed by atoms with Crippen molar-refractivity contribution >= 4 is 40.8 Å². The summed E-state index contributed by atoms with van der Waals surface area (Å²) in [7, 11) is 1.63. The zero-order chi connectivity index (χ0) is 21.7. The number of piperazine rings is 1. The molecule has 0 radical (unpaired) electrons. The normalized spacial score (nSPS) is 16.9. The largest absolute Gasteiger partial charge is 0.497 e. The number of nitrogens with zero attached hydrogens (tertiary/aromatic N) is 2. The minimum absolute atomic E-state index is 0.169. The van der Waals surface area contributed by atoms with Crippen molar-refractivity contribution in [2.24, 2.45) is 5.73 Å². The lowest BCUT2D eigenvalue weighted by Gasteiger charge is -2.41. The Hall–Kier alpha value is -2.48. The van der Waals surface area contributed by atoms with Crippen LogP contribution in [0.3, 0.4) is 0 Å². The van der Waals surface area contributed by atoms with Crippen molar-refractivity contribution in [3.63, 3.8) is 0 Å². The molecule has 30 heavy (non-hydrogen) atoms. The minimum atomic E-state index is -0.397. The molecule has 0 aromatic heterocycles. The molecule has 0 bridgehead atoms. The van der Waals surface area contributed by atoms with Crippen LogP contribution in [0.25, 0.3) is 0 Å². The maximum Gasteiger partial charge on any atom is 0.321 e. The Morgan fingerprint density at radius 2 is 1.87 bits per heavy atom. The number of rotatable bonds is 6. The van der Waals surface area contributed by atoms with Crippen molar-refractivity contribution in [1.82, 2.24) is 9.80 Å². The van der Waals surface area contributed by atoms with Gasteiger partial charge in [-0.3, -0.25) is 9.69 Å². The van der Waals surface area contributed by atoms with Crippen LogP contribution in [0, 0.1) is 0 Å². The molecule has 0 aliphatic carbocycles. The highest BCUT2D eigenvalue weighted by Crippen LogP contribution is 2.25. The third kappa shape index (κ3) is 5.78. The molecule has 0 saturated carbocycles. The van der Waals surface area contributed by atoms with Gasteiger partial charge in [0.1, 0.15) is 5.75 Å². The van der Waals surface area contributed by atoms with Gasteiger partial charge in [0.2, 0.25) is 5.91 Å². The quantitative estimate of drug-likeness (QED) is 0.703. The molecule has 2 aromatic rings. The van der Waals surface area contributed by atoms with Crippen molar-refractivity contribution < 1.29 is 14.3 Å². The summed E-state index contributed by atoms with van der Waals surface area (Å²) in [5, 5.41) is 3.61. The van der Waals surface area contributed by atoms with E-state index in [0.717, 1.165) is 11.3 Å². The second-order valence-corrected chi connectivity index (χ2v) is 7.96. The van der Waals surface area contributed by atoms with Crippen LogP contribution in [0.2, 0.25) is 10.0 Å². The Morgan fingerprint density at radius 3 is 2.50 bits per heavy atom. The molecule has 160 valence electrons. The molecule has 1 heterocycles. The number of methoxy groups -OCH3 is 1. The second kappa shape index (κ2) is 10.0. The second-order valence-electron chi connectivity index (χ2n) is 7.15. The van der Waals surface area contributed by atoms with E-state index < -0.39 is 5.91 Å². The van der Waals surface area contributed by atoms with E-state index in [-0.39, 0.29) is 18.5 Å². The summed E-state index contributed by atoms with van der Waals surface area (Å²) in [5.41, 5.74) is 7.12. The van der Waals surface area contributed by atoms with E-state index in [9.17, 15) is 9.59 Å². The molecular formula is C21H24Cl2N4O3. The van der Waals surface area contributed by atoms with Crippen LogP contribution in [0.4, 0.5) is 10.5 Å².